The number of H-pyrrole nitrogens is 1. The van der Waals surface area contributed by atoms with Crippen LogP contribution in [-0.2, 0) is 25.5 Å². The van der Waals surface area contributed by atoms with Crippen molar-refractivity contribution >= 4 is 33.9 Å². The van der Waals surface area contributed by atoms with Crippen LogP contribution in [0.4, 0.5) is 9.18 Å². The zero-order chi connectivity index (χ0) is 21.8. The molecular weight excluding hydrogens is 463 g/mol. The largest absolute Gasteiger partial charge is 0.469 e. The molecule has 9 nitrogen and oxygen atoms in total. The average Bonchev–Trinajstić information content (AvgIpc) is 3.21. The number of halogens is 2. The van der Waals surface area contributed by atoms with Crippen molar-refractivity contribution in [3.05, 3.63) is 51.8 Å². The van der Waals surface area contributed by atoms with Crippen molar-refractivity contribution in [3.63, 3.8) is 0 Å². The molecule has 3 rings (SSSR count). The highest BCUT2D eigenvalue weighted by atomic mass is 79.9. The van der Waals surface area contributed by atoms with Gasteiger partial charge < -0.3 is 24.7 Å². The Balaban J connectivity index is 1.93. The molecule has 2 amide bonds. The first-order chi connectivity index (χ1) is 14.3. The molecule has 0 bridgehead atoms. The van der Waals surface area contributed by atoms with Gasteiger partial charge in [0.15, 0.2) is 0 Å². The Labute approximate surface area is 180 Å². The fraction of sp³-hybridized carbons (Fsp3) is 0.368. The van der Waals surface area contributed by atoms with E-state index in [9.17, 15) is 18.8 Å². The molecule has 160 valence electrons. The molecule has 0 aliphatic carbocycles. The van der Waals surface area contributed by atoms with Crippen LogP contribution >= 0.6 is 15.9 Å². The number of aromatic nitrogens is 2. The van der Waals surface area contributed by atoms with Crippen molar-refractivity contribution in [1.29, 1.82) is 0 Å². The highest BCUT2D eigenvalue weighted by Gasteiger charge is 2.37. The van der Waals surface area contributed by atoms with Crippen molar-refractivity contribution in [2.24, 2.45) is 0 Å². The van der Waals surface area contributed by atoms with Crippen LogP contribution in [0.3, 0.4) is 0 Å². The average molecular weight is 483 g/mol. The monoisotopic (exact) mass is 482 g/mol. The van der Waals surface area contributed by atoms with E-state index in [4.69, 9.17) is 0 Å². The smallest absolute Gasteiger partial charge is 0.329 e. The van der Waals surface area contributed by atoms with Gasteiger partial charge >= 0.3 is 18.0 Å². The van der Waals surface area contributed by atoms with Crippen LogP contribution in [0.5, 0.6) is 0 Å². The van der Waals surface area contributed by atoms with Gasteiger partial charge in [-0.3, -0.25) is 4.79 Å². The molecular formula is C19H20BrFN4O5. The third kappa shape index (κ3) is 4.45. The number of benzene rings is 1. The number of nitrogens with zero attached hydrogens (tertiary/aromatic N) is 2. The summed E-state index contributed by atoms with van der Waals surface area (Å²) in [6.07, 6.45) is 1.56. The fourth-order valence-corrected chi connectivity index (χ4v) is 3.68. The molecule has 0 spiro atoms. The number of amides is 2. The van der Waals surface area contributed by atoms with Crippen molar-refractivity contribution in [2.75, 3.05) is 20.8 Å². The quantitative estimate of drug-likeness (QED) is 0.630. The summed E-state index contributed by atoms with van der Waals surface area (Å²) in [6, 6.07) is 1.83. The lowest BCUT2D eigenvalue weighted by Gasteiger charge is -2.36. The van der Waals surface area contributed by atoms with E-state index in [-0.39, 0.29) is 12.1 Å². The number of imidazole rings is 1. The van der Waals surface area contributed by atoms with Crippen LogP contribution in [0.2, 0.25) is 0 Å². The number of urea groups is 1. The zero-order valence-electron chi connectivity index (χ0n) is 16.3. The molecule has 1 aromatic heterocycles. The van der Waals surface area contributed by atoms with E-state index in [0.29, 0.717) is 16.6 Å². The second-order valence-corrected chi connectivity index (χ2v) is 7.50. The summed E-state index contributed by atoms with van der Waals surface area (Å²) < 4.78 is 24.6. The fourth-order valence-electron chi connectivity index (χ4n) is 3.35. The maximum atomic E-state index is 14.8. The van der Waals surface area contributed by atoms with Gasteiger partial charge in [-0.05, 0) is 12.1 Å². The summed E-state index contributed by atoms with van der Waals surface area (Å²) in [7, 11) is 2.32. The molecule has 30 heavy (non-hydrogen) atoms. The van der Waals surface area contributed by atoms with Crippen LogP contribution in [0.25, 0.3) is 0 Å². The molecule has 0 fully saturated rings. The van der Waals surface area contributed by atoms with E-state index < -0.39 is 42.3 Å². The molecule has 1 aliphatic heterocycles. The molecule has 1 unspecified atom stereocenters. The summed E-state index contributed by atoms with van der Waals surface area (Å²) in [4.78, 5) is 45.4. The number of hydrogen-bond acceptors (Lipinski definition) is 6. The predicted molar refractivity (Wildman–Crippen MR) is 106 cm³/mol. The van der Waals surface area contributed by atoms with Gasteiger partial charge in [0.25, 0.3) is 0 Å². The van der Waals surface area contributed by atoms with E-state index in [1.165, 1.54) is 24.4 Å². The minimum atomic E-state index is -1.24. The van der Waals surface area contributed by atoms with Crippen molar-refractivity contribution in [1.82, 2.24) is 20.2 Å². The van der Waals surface area contributed by atoms with Gasteiger partial charge in [0.1, 0.15) is 17.9 Å². The predicted octanol–water partition coefficient (Wildman–Crippen LogP) is 2.07. The molecule has 2 heterocycles. The molecule has 0 saturated heterocycles. The number of aromatic amines is 1. The minimum absolute atomic E-state index is 0.243. The Morgan fingerprint density at radius 3 is 2.80 bits per heavy atom. The van der Waals surface area contributed by atoms with Crippen LogP contribution in [0.15, 0.2) is 29.0 Å². The first-order valence-corrected chi connectivity index (χ1v) is 9.83. The molecule has 1 aliphatic rings. The molecule has 0 radical (unpaired) electrons. The lowest BCUT2D eigenvalue weighted by molar-refractivity contribution is -0.149. The van der Waals surface area contributed by atoms with Gasteiger partial charge in [0.05, 0.1) is 32.7 Å². The number of nitrogens with one attached hydrogen (secondary N) is 2. The van der Waals surface area contributed by atoms with E-state index in [1.807, 2.05) is 0 Å². The number of hydrogen-bond donors (Lipinski definition) is 2. The Hall–Kier alpha value is -2.95. The van der Waals surface area contributed by atoms with Crippen molar-refractivity contribution in [2.45, 2.75) is 24.9 Å². The normalized spacial score (nSPS) is 16.4. The van der Waals surface area contributed by atoms with Gasteiger partial charge in [-0.15, -0.1) is 0 Å². The summed E-state index contributed by atoms with van der Waals surface area (Å²) in [5.74, 6) is -1.99. The maximum Gasteiger partial charge on any atom is 0.329 e. The molecule has 2 aromatic rings. The number of fused-ring (bicyclic) bond motifs is 1. The second kappa shape index (κ2) is 9.24. The topological polar surface area (TPSA) is 114 Å². The lowest BCUT2D eigenvalue weighted by Crippen LogP contribution is -2.52. The Morgan fingerprint density at radius 2 is 2.13 bits per heavy atom. The number of methoxy groups -OCH3 is 2. The summed E-state index contributed by atoms with van der Waals surface area (Å²) >= 11 is 3.22. The van der Waals surface area contributed by atoms with Crippen molar-refractivity contribution in [3.8, 4) is 0 Å². The van der Waals surface area contributed by atoms with Gasteiger partial charge in [-0.25, -0.2) is 19.0 Å². The maximum absolute atomic E-state index is 14.8. The van der Waals surface area contributed by atoms with Crippen LogP contribution < -0.4 is 5.32 Å². The van der Waals surface area contributed by atoms with E-state index >= 15 is 0 Å². The van der Waals surface area contributed by atoms with Crippen LogP contribution in [0.1, 0.15) is 29.4 Å². The first-order valence-electron chi connectivity index (χ1n) is 9.04. The Bertz CT molecular complexity index is 966. The highest BCUT2D eigenvalue weighted by Crippen LogP contribution is 2.35. The summed E-state index contributed by atoms with van der Waals surface area (Å²) in [6.45, 7) is 0.243. The number of carbonyl (C=O) groups excluding carboxylic acids is 3. The third-order valence-electron chi connectivity index (χ3n) is 4.82. The first kappa shape index (κ1) is 21.8. The Kier molecular flexibility index (Phi) is 6.70. The number of rotatable bonds is 5. The summed E-state index contributed by atoms with van der Waals surface area (Å²) in [5.41, 5.74) is 1.56. The third-order valence-corrected chi connectivity index (χ3v) is 5.32. The van der Waals surface area contributed by atoms with Gasteiger partial charge in [0.2, 0.25) is 0 Å². The number of carbonyl (C=O) groups is 3. The standard InChI is InChI=1S/C19H20BrFN4O5/c1-29-15(26)8-14(18(27)30-2)24-19(28)25-6-5-13-16(23-9-22-13)17(25)11-4-3-10(20)7-12(11)21/h3-4,7,9,14,17H,5-6,8H2,1-2H3,(H,22,23)(H,24,28)/t14-,17?/m1/s1. The van der Waals surface area contributed by atoms with Crippen LogP contribution in [0, 0.1) is 5.82 Å². The van der Waals surface area contributed by atoms with Gasteiger partial charge in [0, 0.05) is 28.7 Å². The zero-order valence-corrected chi connectivity index (χ0v) is 17.9. The minimum Gasteiger partial charge on any atom is -0.469 e. The van der Waals surface area contributed by atoms with Crippen molar-refractivity contribution < 1.29 is 28.2 Å². The van der Waals surface area contributed by atoms with E-state index in [1.54, 1.807) is 12.1 Å². The molecule has 2 atom stereocenters. The molecule has 2 N–H and O–H groups in total. The SMILES string of the molecule is COC(=O)C[C@@H](NC(=O)N1CCc2[nH]cnc2C1c1ccc(Br)cc1F)C(=O)OC. The Morgan fingerprint density at radius 1 is 1.37 bits per heavy atom. The molecule has 0 saturated carbocycles. The van der Waals surface area contributed by atoms with E-state index in [2.05, 4.69) is 40.7 Å². The molecule has 1 aromatic carbocycles. The number of ether oxygens (including phenoxy) is 2. The van der Waals surface area contributed by atoms with Crippen LogP contribution in [-0.4, -0.2) is 59.6 Å². The summed E-state index contributed by atoms with van der Waals surface area (Å²) in [5, 5.41) is 2.50. The van der Waals surface area contributed by atoms with Gasteiger partial charge in [-0.2, -0.15) is 0 Å². The second-order valence-electron chi connectivity index (χ2n) is 6.58. The lowest BCUT2D eigenvalue weighted by atomic mass is 9.95. The van der Waals surface area contributed by atoms with Gasteiger partial charge in [-0.1, -0.05) is 22.0 Å². The highest BCUT2D eigenvalue weighted by molar-refractivity contribution is 9.10. The number of esters is 2. The molecule has 11 heteroatoms. The van der Waals surface area contributed by atoms with E-state index in [0.717, 1.165) is 12.8 Å².